The van der Waals surface area contributed by atoms with Gasteiger partial charge in [-0.1, -0.05) is 371 Å². The molecule has 0 saturated carbocycles. The first-order valence-corrected chi connectivity index (χ1v) is 38.8. The van der Waals surface area contributed by atoms with E-state index in [0.29, 0.717) is 23.6 Å². The second kappa shape index (κ2) is 52.4. The molecule has 0 N–H and O–H groups in total. The fraction of sp³-hybridized carbons (Fsp3) is 0.737. The van der Waals surface area contributed by atoms with Gasteiger partial charge in [0.05, 0.1) is 9.79 Å². The van der Waals surface area contributed by atoms with Crippen LogP contribution in [0, 0.1) is 0 Å². The third kappa shape index (κ3) is 37.0. The van der Waals surface area contributed by atoms with Crippen LogP contribution in [0.25, 0.3) is 21.5 Å². The van der Waals surface area contributed by atoms with Crippen molar-refractivity contribution in [2.24, 2.45) is 0 Å². The normalized spacial score (nSPS) is 11.8. The summed E-state index contributed by atoms with van der Waals surface area (Å²) in [6.07, 6.45) is 65.0. The van der Waals surface area contributed by atoms with Crippen molar-refractivity contribution in [1.82, 2.24) is 0 Å². The Labute approximate surface area is 565 Å². The standard InChI is InChI=1S/2C38H64O3S.Ba/c2*1-3-5-7-9-11-13-15-17-19-21-23-25-29-34-33-35-30-27-28-32-37(35)38(42(39,40)41)36(34)31-26-24-22-20-18-16-14-12-10-8-6-4-2;/h2*27-28,30,32-33H,3-26,29,31H2,1-2H3,(H,39,40,41);/q;;+2/p-2. The summed E-state index contributed by atoms with van der Waals surface area (Å²) in [6, 6.07) is 19.4. The average Bonchev–Trinajstić information content (AvgIpc) is 1.18. The van der Waals surface area contributed by atoms with Gasteiger partial charge < -0.3 is 9.11 Å². The minimum atomic E-state index is -4.55. The summed E-state index contributed by atoms with van der Waals surface area (Å²) in [5.74, 6) is 0. The summed E-state index contributed by atoms with van der Waals surface area (Å²) in [5.41, 5.74) is 3.77. The molecule has 0 unspecified atom stereocenters. The van der Waals surface area contributed by atoms with E-state index in [1.807, 2.05) is 36.4 Å². The zero-order valence-electron chi connectivity index (χ0n) is 55.5. The molecule has 6 nitrogen and oxygen atoms in total. The molecule has 0 bridgehead atoms. The fourth-order valence-corrected chi connectivity index (χ4v) is 15.0. The van der Waals surface area contributed by atoms with Crippen molar-refractivity contribution in [3.8, 4) is 0 Å². The molecule has 9 heteroatoms. The first-order valence-electron chi connectivity index (χ1n) is 36.0. The van der Waals surface area contributed by atoms with E-state index in [1.54, 1.807) is 12.1 Å². The van der Waals surface area contributed by atoms with E-state index in [-0.39, 0.29) is 58.7 Å². The Kier molecular flexibility index (Phi) is 49.3. The van der Waals surface area contributed by atoms with Crippen LogP contribution in [0.2, 0.25) is 0 Å². The molecule has 85 heavy (non-hydrogen) atoms. The molecule has 0 aliphatic heterocycles. The van der Waals surface area contributed by atoms with Crippen molar-refractivity contribution in [1.29, 1.82) is 0 Å². The zero-order chi connectivity index (χ0) is 60.6. The van der Waals surface area contributed by atoms with Gasteiger partial charge in [-0.15, -0.1) is 0 Å². The number of benzene rings is 4. The van der Waals surface area contributed by atoms with E-state index in [2.05, 4.69) is 39.8 Å². The zero-order valence-corrected chi connectivity index (χ0v) is 61.6. The summed E-state index contributed by atoms with van der Waals surface area (Å²) < 4.78 is 75.3. The predicted octanol–water partition coefficient (Wildman–Crippen LogP) is 24.1. The van der Waals surface area contributed by atoms with Crippen LogP contribution in [-0.4, -0.2) is 74.8 Å². The Morgan fingerprint density at radius 1 is 0.271 bits per heavy atom. The molecule has 480 valence electrons. The molecular formula is C76H126BaO6S2. The molecule has 0 spiro atoms. The average molecular weight is 1340 g/mol. The van der Waals surface area contributed by atoms with Crippen molar-refractivity contribution in [2.45, 2.75) is 371 Å². The van der Waals surface area contributed by atoms with Crippen LogP contribution in [0.15, 0.2) is 70.5 Å². The quantitative estimate of drug-likeness (QED) is 0.0247. The Morgan fingerprint density at radius 3 is 0.671 bits per heavy atom. The molecule has 0 aliphatic rings. The van der Waals surface area contributed by atoms with Crippen LogP contribution in [0.4, 0.5) is 0 Å². The molecule has 0 aliphatic carbocycles. The van der Waals surface area contributed by atoms with Crippen LogP contribution >= 0.6 is 0 Å². The number of hydrogen-bond acceptors (Lipinski definition) is 6. The smallest absolute Gasteiger partial charge is 0.744 e. The first-order chi connectivity index (χ1) is 41.0. The molecular weight excluding hydrogens is 1210 g/mol. The van der Waals surface area contributed by atoms with E-state index in [1.165, 1.54) is 270 Å². The first kappa shape index (κ1) is 79.9. The van der Waals surface area contributed by atoms with Crippen molar-refractivity contribution in [3.05, 3.63) is 82.9 Å². The monoisotopic (exact) mass is 1340 g/mol. The molecule has 4 aromatic carbocycles. The van der Waals surface area contributed by atoms with Crippen LogP contribution < -0.4 is 0 Å². The van der Waals surface area contributed by atoms with Crippen molar-refractivity contribution in [2.75, 3.05) is 0 Å². The third-order valence-corrected chi connectivity index (χ3v) is 20.0. The summed E-state index contributed by atoms with van der Waals surface area (Å²) in [4.78, 5) is 0.107. The molecule has 4 rings (SSSR count). The van der Waals surface area contributed by atoms with Gasteiger partial charge in [0, 0.05) is 0 Å². The summed E-state index contributed by atoms with van der Waals surface area (Å²) in [6.45, 7) is 9.07. The summed E-state index contributed by atoms with van der Waals surface area (Å²) in [5, 5.41) is 2.94. The van der Waals surface area contributed by atoms with E-state index in [4.69, 9.17) is 0 Å². The van der Waals surface area contributed by atoms with Crippen molar-refractivity contribution in [3.63, 3.8) is 0 Å². The molecule has 0 amide bonds. The fourth-order valence-electron chi connectivity index (χ4n) is 13.0. The molecule has 0 saturated heterocycles. The van der Waals surface area contributed by atoms with Crippen molar-refractivity contribution >= 4 is 90.7 Å². The largest absolute Gasteiger partial charge is 2.00 e. The number of hydrogen-bond donors (Lipinski definition) is 0. The van der Waals surface area contributed by atoms with Crippen LogP contribution in [0.5, 0.6) is 0 Å². The Hall–Kier alpha value is -1.21. The van der Waals surface area contributed by atoms with Gasteiger partial charge in [-0.3, -0.25) is 0 Å². The summed E-state index contributed by atoms with van der Waals surface area (Å²) >= 11 is 0. The number of unbranched alkanes of at least 4 members (excludes halogenated alkanes) is 44. The van der Waals surface area contributed by atoms with Gasteiger partial charge in [-0.2, -0.15) is 0 Å². The summed E-state index contributed by atoms with van der Waals surface area (Å²) in [7, 11) is -9.11. The van der Waals surface area contributed by atoms with Crippen LogP contribution in [0.1, 0.15) is 358 Å². The van der Waals surface area contributed by atoms with Gasteiger partial charge in [0.2, 0.25) is 0 Å². The van der Waals surface area contributed by atoms with Crippen molar-refractivity contribution < 1.29 is 25.9 Å². The van der Waals surface area contributed by atoms with Crippen LogP contribution in [0.3, 0.4) is 0 Å². The van der Waals surface area contributed by atoms with E-state index in [9.17, 15) is 25.9 Å². The molecule has 4 aromatic rings. The Balaban J connectivity index is 0.000000573. The van der Waals surface area contributed by atoms with Gasteiger partial charge in [0.15, 0.2) is 0 Å². The maximum absolute atomic E-state index is 12.6. The number of rotatable bonds is 54. The van der Waals surface area contributed by atoms with Crippen LogP contribution in [-0.2, 0) is 45.9 Å². The number of fused-ring (bicyclic) bond motifs is 2. The minimum Gasteiger partial charge on any atom is -0.744 e. The van der Waals surface area contributed by atoms with E-state index >= 15 is 0 Å². The SMILES string of the molecule is CCCCCCCCCCCCCCc1cc2ccccc2c(S(=O)(=O)[O-])c1CCCCCCCCCCCCCC.CCCCCCCCCCCCCCc1cc2ccccc2c(S(=O)(=O)[O-])c1CCCCCCCCCCCCCC.[Ba+2]. The second-order valence-electron chi connectivity index (χ2n) is 25.6. The van der Waals surface area contributed by atoms with Gasteiger partial charge in [0.1, 0.15) is 20.2 Å². The molecule has 0 heterocycles. The second-order valence-corrected chi connectivity index (χ2v) is 28.2. The Bertz CT molecular complexity index is 2300. The molecule has 0 aromatic heterocycles. The minimum absolute atomic E-state index is 0. The van der Waals surface area contributed by atoms with Gasteiger partial charge in [0.25, 0.3) is 0 Å². The topological polar surface area (TPSA) is 114 Å². The molecule has 0 fully saturated rings. The van der Waals surface area contributed by atoms with E-state index < -0.39 is 20.2 Å². The van der Waals surface area contributed by atoms with E-state index in [0.717, 1.165) is 84.4 Å². The maximum atomic E-state index is 12.6. The van der Waals surface area contributed by atoms with Gasteiger partial charge in [-0.25, -0.2) is 16.8 Å². The molecule has 0 atom stereocenters. The maximum Gasteiger partial charge on any atom is 2.00 e. The Morgan fingerprint density at radius 2 is 0.459 bits per heavy atom. The van der Waals surface area contributed by atoms with Gasteiger partial charge in [-0.05, 0) is 95.2 Å². The third-order valence-electron chi connectivity index (χ3n) is 18.1. The number of aryl methyl sites for hydroxylation is 2. The molecule has 0 radical (unpaired) electrons. The van der Waals surface area contributed by atoms with Gasteiger partial charge >= 0.3 is 48.9 Å². The predicted molar refractivity (Wildman–Crippen MR) is 369 cm³/mol.